The Kier molecular flexibility index (Phi) is 4.17. The van der Waals surface area contributed by atoms with Crippen molar-refractivity contribution < 1.29 is 21.6 Å². The minimum absolute atomic E-state index is 0.292. The van der Waals surface area contributed by atoms with Crippen molar-refractivity contribution in [2.45, 2.75) is 18.0 Å². The van der Waals surface area contributed by atoms with Gasteiger partial charge in [0, 0.05) is 18.8 Å². The lowest BCUT2D eigenvalue weighted by molar-refractivity contribution is -0.135. The number of pyridine rings is 1. The van der Waals surface area contributed by atoms with E-state index >= 15 is 0 Å². The van der Waals surface area contributed by atoms with Gasteiger partial charge in [-0.3, -0.25) is 4.79 Å². The molecular formula is C9H11F3N2O3S. The van der Waals surface area contributed by atoms with E-state index in [1.807, 2.05) is 0 Å². The molecule has 0 fully saturated rings. The van der Waals surface area contributed by atoms with Crippen LogP contribution in [0.4, 0.5) is 13.2 Å². The van der Waals surface area contributed by atoms with E-state index < -0.39 is 28.3 Å². The van der Waals surface area contributed by atoms with E-state index in [2.05, 4.69) is 4.98 Å². The Morgan fingerprint density at radius 1 is 1.33 bits per heavy atom. The van der Waals surface area contributed by atoms with Crippen molar-refractivity contribution in [2.75, 3.05) is 13.1 Å². The van der Waals surface area contributed by atoms with Gasteiger partial charge in [0.15, 0.2) is 0 Å². The fourth-order valence-corrected chi connectivity index (χ4v) is 2.67. The van der Waals surface area contributed by atoms with Crippen LogP contribution in [0.1, 0.15) is 6.92 Å². The summed E-state index contributed by atoms with van der Waals surface area (Å²) in [6.07, 6.45) is -3.75. The first-order valence-electron chi connectivity index (χ1n) is 4.92. The number of halogens is 3. The fourth-order valence-electron chi connectivity index (χ4n) is 1.27. The number of sulfonamides is 1. The summed E-state index contributed by atoms with van der Waals surface area (Å²) < 4.78 is 60.7. The monoisotopic (exact) mass is 284 g/mol. The molecule has 0 radical (unpaired) electrons. The van der Waals surface area contributed by atoms with E-state index in [9.17, 15) is 26.4 Å². The predicted molar refractivity (Wildman–Crippen MR) is 57.6 cm³/mol. The van der Waals surface area contributed by atoms with Gasteiger partial charge in [0.25, 0.3) is 0 Å². The van der Waals surface area contributed by atoms with Gasteiger partial charge in [0.05, 0.1) is 4.90 Å². The molecule has 5 nitrogen and oxygen atoms in total. The third kappa shape index (κ3) is 3.57. The molecule has 0 aromatic carbocycles. The van der Waals surface area contributed by atoms with E-state index in [-0.39, 0.29) is 11.4 Å². The minimum atomic E-state index is -4.62. The van der Waals surface area contributed by atoms with Gasteiger partial charge >= 0.3 is 6.18 Å². The van der Waals surface area contributed by atoms with Crippen molar-refractivity contribution in [1.82, 2.24) is 9.29 Å². The maximum Gasteiger partial charge on any atom is 0.402 e. The zero-order valence-electron chi connectivity index (χ0n) is 9.36. The average Bonchev–Trinajstić information content (AvgIpc) is 2.25. The summed E-state index contributed by atoms with van der Waals surface area (Å²) in [5.74, 6) is 0. The van der Waals surface area contributed by atoms with Crippen LogP contribution >= 0.6 is 0 Å². The van der Waals surface area contributed by atoms with Crippen molar-refractivity contribution in [3.8, 4) is 0 Å². The number of rotatable bonds is 4. The number of H-pyrrole nitrogens is 1. The van der Waals surface area contributed by atoms with E-state index in [0.29, 0.717) is 4.31 Å². The SMILES string of the molecule is CCN(CC(F)(F)F)S(=O)(=O)c1ccc(=O)[nH]c1. The molecule has 0 spiro atoms. The van der Waals surface area contributed by atoms with E-state index in [1.54, 1.807) is 0 Å². The molecule has 0 amide bonds. The van der Waals surface area contributed by atoms with Gasteiger partial charge in [-0.1, -0.05) is 6.92 Å². The van der Waals surface area contributed by atoms with Crippen LogP contribution in [0.3, 0.4) is 0 Å². The number of aromatic amines is 1. The predicted octanol–water partition coefficient (Wildman–Crippen LogP) is 0.948. The van der Waals surface area contributed by atoms with Crippen molar-refractivity contribution >= 4 is 10.0 Å². The summed E-state index contributed by atoms with van der Waals surface area (Å²) in [5, 5.41) is 0. The summed E-state index contributed by atoms with van der Waals surface area (Å²) in [6, 6.07) is 1.90. The lowest BCUT2D eigenvalue weighted by atomic mass is 10.5. The van der Waals surface area contributed by atoms with E-state index in [1.165, 1.54) is 6.92 Å². The molecule has 0 aliphatic rings. The highest BCUT2D eigenvalue weighted by atomic mass is 32.2. The number of hydrogen-bond acceptors (Lipinski definition) is 3. The third-order valence-corrected chi connectivity index (χ3v) is 4.02. The average molecular weight is 284 g/mol. The third-order valence-electron chi connectivity index (χ3n) is 2.10. The molecule has 9 heteroatoms. The topological polar surface area (TPSA) is 70.2 Å². The highest BCUT2D eigenvalue weighted by molar-refractivity contribution is 7.89. The van der Waals surface area contributed by atoms with Crippen molar-refractivity contribution in [2.24, 2.45) is 0 Å². The lowest BCUT2D eigenvalue weighted by Crippen LogP contribution is -2.38. The lowest BCUT2D eigenvalue weighted by Gasteiger charge is -2.21. The number of aromatic nitrogens is 1. The summed E-state index contributed by atoms with van der Waals surface area (Å²) >= 11 is 0. The Morgan fingerprint density at radius 2 is 1.94 bits per heavy atom. The molecule has 1 heterocycles. The van der Waals surface area contributed by atoms with Gasteiger partial charge in [0.1, 0.15) is 6.54 Å². The molecular weight excluding hydrogens is 273 g/mol. The van der Waals surface area contributed by atoms with Gasteiger partial charge < -0.3 is 4.98 Å². The van der Waals surface area contributed by atoms with Gasteiger partial charge in [-0.2, -0.15) is 17.5 Å². The molecule has 0 saturated carbocycles. The molecule has 1 N–H and O–H groups in total. The van der Waals surface area contributed by atoms with Crippen LogP contribution < -0.4 is 5.56 Å². The van der Waals surface area contributed by atoms with Crippen LogP contribution in [0.15, 0.2) is 28.0 Å². The molecule has 0 unspecified atom stereocenters. The maximum absolute atomic E-state index is 12.2. The Bertz CT molecular complexity index is 545. The second-order valence-electron chi connectivity index (χ2n) is 3.44. The molecule has 1 aromatic rings. The fraction of sp³-hybridized carbons (Fsp3) is 0.444. The van der Waals surface area contributed by atoms with Gasteiger partial charge in [-0.05, 0) is 6.07 Å². The van der Waals surface area contributed by atoms with Crippen molar-refractivity contribution in [1.29, 1.82) is 0 Å². The Hall–Kier alpha value is -1.35. The van der Waals surface area contributed by atoms with Crippen LogP contribution in [-0.2, 0) is 10.0 Å². The first kappa shape index (κ1) is 14.7. The number of nitrogens with one attached hydrogen (secondary N) is 1. The van der Waals surface area contributed by atoms with Crippen LogP contribution in [-0.4, -0.2) is 37.0 Å². The number of nitrogens with zero attached hydrogens (tertiary/aromatic N) is 1. The van der Waals surface area contributed by atoms with E-state index in [0.717, 1.165) is 18.3 Å². The Labute approximate surface area is 101 Å². The first-order valence-corrected chi connectivity index (χ1v) is 6.36. The normalized spacial score (nSPS) is 12.9. The van der Waals surface area contributed by atoms with E-state index in [4.69, 9.17) is 0 Å². The smallest absolute Gasteiger partial charge is 0.328 e. The number of hydrogen-bond donors (Lipinski definition) is 1. The highest BCUT2D eigenvalue weighted by Crippen LogP contribution is 2.21. The van der Waals surface area contributed by atoms with Crippen LogP contribution in [0.25, 0.3) is 0 Å². The zero-order valence-corrected chi connectivity index (χ0v) is 10.2. The molecule has 0 atom stereocenters. The summed E-state index contributed by atoms with van der Waals surface area (Å²) in [5.41, 5.74) is -0.534. The largest absolute Gasteiger partial charge is 0.402 e. The molecule has 18 heavy (non-hydrogen) atoms. The van der Waals surface area contributed by atoms with Gasteiger partial charge in [-0.25, -0.2) is 8.42 Å². The summed E-state index contributed by atoms with van der Waals surface area (Å²) in [6.45, 7) is -0.582. The maximum atomic E-state index is 12.2. The highest BCUT2D eigenvalue weighted by Gasteiger charge is 2.36. The standard InChI is InChI=1S/C9H11F3N2O3S/c1-2-14(6-9(10,11)12)18(16,17)7-3-4-8(15)13-5-7/h3-5H,2,6H2,1H3,(H,13,15). The van der Waals surface area contributed by atoms with Crippen LogP contribution in [0.5, 0.6) is 0 Å². The molecule has 1 rings (SSSR count). The summed E-state index contributed by atoms with van der Waals surface area (Å²) in [4.78, 5) is 12.5. The molecule has 102 valence electrons. The van der Waals surface area contributed by atoms with Gasteiger partial charge in [0.2, 0.25) is 15.6 Å². The Morgan fingerprint density at radius 3 is 2.33 bits per heavy atom. The summed E-state index contributed by atoms with van der Waals surface area (Å²) in [7, 11) is -4.26. The Balaban J connectivity index is 3.11. The molecule has 0 saturated heterocycles. The first-order chi connectivity index (χ1) is 8.16. The van der Waals surface area contributed by atoms with Crippen molar-refractivity contribution in [3.63, 3.8) is 0 Å². The minimum Gasteiger partial charge on any atom is -0.328 e. The second kappa shape index (κ2) is 5.11. The second-order valence-corrected chi connectivity index (χ2v) is 5.37. The molecule has 0 aliphatic carbocycles. The number of alkyl halides is 3. The quantitative estimate of drug-likeness (QED) is 0.894. The zero-order chi connectivity index (χ0) is 14.0. The molecule has 0 bridgehead atoms. The molecule has 1 aromatic heterocycles. The van der Waals surface area contributed by atoms with Crippen LogP contribution in [0, 0.1) is 0 Å². The molecule has 0 aliphatic heterocycles. The van der Waals surface area contributed by atoms with Crippen LogP contribution in [0.2, 0.25) is 0 Å². The van der Waals surface area contributed by atoms with Gasteiger partial charge in [-0.15, -0.1) is 0 Å². The van der Waals surface area contributed by atoms with Crippen molar-refractivity contribution in [3.05, 3.63) is 28.7 Å².